The van der Waals surface area contributed by atoms with Crippen LogP contribution in [-0.2, 0) is 10.2 Å². The average Bonchev–Trinajstić information content (AvgIpc) is 2.57. The molecular weight excluding hydrogens is 236 g/mol. The van der Waals surface area contributed by atoms with E-state index >= 15 is 0 Å². The Labute approximate surface area is 105 Å². The maximum atomic E-state index is 11.9. The summed E-state index contributed by atoms with van der Waals surface area (Å²) in [5.41, 5.74) is 0. The van der Waals surface area contributed by atoms with Crippen molar-refractivity contribution in [1.29, 1.82) is 0 Å². The van der Waals surface area contributed by atoms with Crippen molar-refractivity contribution in [2.75, 3.05) is 19.6 Å². The van der Waals surface area contributed by atoms with Crippen molar-refractivity contribution in [1.82, 2.24) is 9.03 Å². The smallest absolute Gasteiger partial charge is 0.202 e. The SMILES string of the molecule is C#CCCCCNS(=O)(=O)N1CCCCCC1. The summed E-state index contributed by atoms with van der Waals surface area (Å²) in [7, 11) is -3.26. The molecule has 17 heavy (non-hydrogen) atoms. The van der Waals surface area contributed by atoms with E-state index in [-0.39, 0.29) is 0 Å². The van der Waals surface area contributed by atoms with Crippen LogP contribution in [0.3, 0.4) is 0 Å². The number of rotatable bonds is 6. The predicted octanol–water partition coefficient (Wildman–Crippen LogP) is 1.50. The summed E-state index contributed by atoms with van der Waals surface area (Å²) in [6, 6.07) is 0. The highest BCUT2D eigenvalue weighted by atomic mass is 32.2. The molecule has 1 saturated heterocycles. The van der Waals surface area contributed by atoms with Crippen LogP contribution in [0.25, 0.3) is 0 Å². The van der Waals surface area contributed by atoms with E-state index in [4.69, 9.17) is 6.42 Å². The van der Waals surface area contributed by atoms with Crippen molar-refractivity contribution in [3.8, 4) is 12.3 Å². The second-order valence-corrected chi connectivity index (χ2v) is 6.13. The van der Waals surface area contributed by atoms with E-state index in [2.05, 4.69) is 10.6 Å². The minimum absolute atomic E-state index is 0.487. The minimum Gasteiger partial charge on any atom is -0.202 e. The lowest BCUT2D eigenvalue weighted by Gasteiger charge is -2.20. The summed E-state index contributed by atoms with van der Waals surface area (Å²) in [6.07, 6.45) is 11.7. The third kappa shape index (κ3) is 5.53. The molecule has 0 atom stereocenters. The highest BCUT2D eigenvalue weighted by molar-refractivity contribution is 7.87. The molecule has 0 aromatic carbocycles. The third-order valence-corrected chi connectivity index (χ3v) is 4.55. The van der Waals surface area contributed by atoms with Crippen molar-refractivity contribution in [2.45, 2.75) is 44.9 Å². The predicted molar refractivity (Wildman–Crippen MR) is 69.6 cm³/mol. The quantitative estimate of drug-likeness (QED) is 0.580. The summed E-state index contributed by atoms with van der Waals surface area (Å²) in [6.45, 7) is 1.79. The van der Waals surface area contributed by atoms with Gasteiger partial charge in [0, 0.05) is 26.1 Å². The minimum atomic E-state index is -3.26. The first kappa shape index (κ1) is 14.5. The molecule has 98 valence electrons. The molecule has 0 radical (unpaired) electrons. The van der Waals surface area contributed by atoms with E-state index in [0.717, 1.165) is 38.5 Å². The van der Waals surface area contributed by atoms with Gasteiger partial charge in [-0.05, 0) is 25.7 Å². The summed E-state index contributed by atoms with van der Waals surface area (Å²) in [5.74, 6) is 2.55. The second-order valence-electron chi connectivity index (χ2n) is 4.37. The molecule has 1 heterocycles. The topological polar surface area (TPSA) is 49.4 Å². The van der Waals surface area contributed by atoms with Gasteiger partial charge in [0.25, 0.3) is 10.2 Å². The van der Waals surface area contributed by atoms with Gasteiger partial charge in [-0.15, -0.1) is 12.3 Å². The van der Waals surface area contributed by atoms with Gasteiger partial charge in [0.05, 0.1) is 0 Å². The van der Waals surface area contributed by atoms with Crippen LogP contribution in [-0.4, -0.2) is 32.4 Å². The molecule has 0 amide bonds. The number of unbranched alkanes of at least 4 members (excludes halogenated alkanes) is 2. The molecule has 0 aliphatic carbocycles. The van der Waals surface area contributed by atoms with Crippen molar-refractivity contribution >= 4 is 10.2 Å². The van der Waals surface area contributed by atoms with Crippen LogP contribution in [0, 0.1) is 12.3 Å². The summed E-state index contributed by atoms with van der Waals surface area (Å²) in [5, 5.41) is 0. The molecule has 0 spiro atoms. The Balaban J connectivity index is 2.31. The van der Waals surface area contributed by atoms with Gasteiger partial charge in [-0.3, -0.25) is 0 Å². The first-order valence-corrected chi connectivity index (χ1v) is 7.79. The van der Waals surface area contributed by atoms with E-state index in [9.17, 15) is 8.42 Å². The van der Waals surface area contributed by atoms with Crippen molar-refractivity contribution in [3.63, 3.8) is 0 Å². The molecule has 0 unspecified atom stereocenters. The van der Waals surface area contributed by atoms with E-state index in [1.165, 1.54) is 0 Å². The van der Waals surface area contributed by atoms with Crippen LogP contribution in [0.1, 0.15) is 44.9 Å². The van der Waals surface area contributed by atoms with E-state index < -0.39 is 10.2 Å². The zero-order valence-corrected chi connectivity index (χ0v) is 11.1. The molecular formula is C12H22N2O2S. The standard InChI is InChI=1S/C12H22N2O2S/c1-2-3-4-7-10-13-17(15,16)14-11-8-5-6-9-12-14/h1,13H,3-12H2. The lowest BCUT2D eigenvalue weighted by molar-refractivity contribution is 0.414. The van der Waals surface area contributed by atoms with Gasteiger partial charge in [0.2, 0.25) is 0 Å². The van der Waals surface area contributed by atoms with Crippen LogP contribution in [0.15, 0.2) is 0 Å². The lowest BCUT2D eigenvalue weighted by atomic mass is 10.2. The van der Waals surface area contributed by atoms with E-state index in [1.807, 2.05) is 0 Å². The van der Waals surface area contributed by atoms with Crippen molar-refractivity contribution in [2.24, 2.45) is 0 Å². The fourth-order valence-electron chi connectivity index (χ4n) is 1.93. The van der Waals surface area contributed by atoms with Gasteiger partial charge in [-0.1, -0.05) is 12.8 Å². The van der Waals surface area contributed by atoms with Gasteiger partial charge in [0.1, 0.15) is 0 Å². The molecule has 4 nitrogen and oxygen atoms in total. The fraction of sp³-hybridized carbons (Fsp3) is 0.833. The molecule has 0 aromatic heterocycles. The van der Waals surface area contributed by atoms with Gasteiger partial charge < -0.3 is 0 Å². The number of hydrogen-bond donors (Lipinski definition) is 1. The molecule has 0 saturated carbocycles. The van der Waals surface area contributed by atoms with Crippen LogP contribution in [0.4, 0.5) is 0 Å². The Morgan fingerprint density at radius 1 is 1.12 bits per heavy atom. The van der Waals surface area contributed by atoms with Crippen molar-refractivity contribution in [3.05, 3.63) is 0 Å². The van der Waals surface area contributed by atoms with Gasteiger partial charge in [-0.25, -0.2) is 4.72 Å². The van der Waals surface area contributed by atoms with Crippen LogP contribution in [0.2, 0.25) is 0 Å². The highest BCUT2D eigenvalue weighted by Crippen LogP contribution is 2.12. The zero-order chi connectivity index (χ0) is 12.6. The Morgan fingerprint density at radius 3 is 2.35 bits per heavy atom. The zero-order valence-electron chi connectivity index (χ0n) is 10.3. The molecule has 1 aliphatic rings. The maximum Gasteiger partial charge on any atom is 0.279 e. The first-order valence-electron chi connectivity index (χ1n) is 6.35. The fourth-order valence-corrected chi connectivity index (χ4v) is 3.25. The maximum absolute atomic E-state index is 11.9. The number of terminal acetylenes is 1. The van der Waals surface area contributed by atoms with Crippen LogP contribution < -0.4 is 4.72 Å². The number of hydrogen-bond acceptors (Lipinski definition) is 2. The van der Waals surface area contributed by atoms with Crippen LogP contribution in [0.5, 0.6) is 0 Å². The van der Waals surface area contributed by atoms with Crippen LogP contribution >= 0.6 is 0 Å². The third-order valence-electron chi connectivity index (χ3n) is 2.94. The summed E-state index contributed by atoms with van der Waals surface area (Å²) >= 11 is 0. The van der Waals surface area contributed by atoms with Gasteiger partial charge >= 0.3 is 0 Å². The Hall–Kier alpha value is -0.570. The second kappa shape index (κ2) is 7.70. The molecule has 1 aliphatic heterocycles. The van der Waals surface area contributed by atoms with Crippen molar-refractivity contribution < 1.29 is 8.42 Å². The lowest BCUT2D eigenvalue weighted by Crippen LogP contribution is -2.41. The monoisotopic (exact) mass is 258 g/mol. The largest absolute Gasteiger partial charge is 0.279 e. The van der Waals surface area contributed by atoms with Gasteiger partial charge in [0.15, 0.2) is 0 Å². The average molecular weight is 258 g/mol. The Morgan fingerprint density at radius 2 is 1.76 bits per heavy atom. The normalized spacial score (nSPS) is 18.5. The molecule has 0 bridgehead atoms. The van der Waals surface area contributed by atoms with E-state index in [0.29, 0.717) is 26.1 Å². The molecule has 1 N–H and O–H groups in total. The first-order chi connectivity index (χ1) is 8.17. The van der Waals surface area contributed by atoms with E-state index in [1.54, 1.807) is 4.31 Å². The van der Waals surface area contributed by atoms with Gasteiger partial charge in [-0.2, -0.15) is 12.7 Å². The molecule has 5 heteroatoms. The molecule has 1 rings (SSSR count). The number of nitrogens with zero attached hydrogens (tertiary/aromatic N) is 1. The Kier molecular flexibility index (Phi) is 6.56. The Bertz CT molecular complexity index is 338. The molecule has 0 aromatic rings. The number of nitrogens with one attached hydrogen (secondary N) is 1. The summed E-state index contributed by atoms with van der Waals surface area (Å²) in [4.78, 5) is 0. The highest BCUT2D eigenvalue weighted by Gasteiger charge is 2.21. The molecule has 1 fully saturated rings. The summed E-state index contributed by atoms with van der Waals surface area (Å²) < 4.78 is 28.1.